The lowest BCUT2D eigenvalue weighted by Gasteiger charge is -2.26. The highest BCUT2D eigenvalue weighted by molar-refractivity contribution is 5.62. The third kappa shape index (κ3) is 4.78. The van der Waals surface area contributed by atoms with E-state index >= 15 is 0 Å². The highest BCUT2D eigenvalue weighted by atomic mass is 19.4. The fraction of sp³-hybridized carbons (Fsp3) is 0.158. The summed E-state index contributed by atoms with van der Waals surface area (Å²) in [5.41, 5.74) is -1.42. The first-order valence-electron chi connectivity index (χ1n) is 8.25. The van der Waals surface area contributed by atoms with Gasteiger partial charge in [-0.05, 0) is 48.9 Å². The van der Waals surface area contributed by atoms with E-state index in [4.69, 9.17) is 4.74 Å². The minimum Gasteiger partial charge on any atom is -0.439 e. The molecule has 4 nitrogen and oxygen atoms in total. The number of nitrogens with zero attached hydrogens (tertiary/aromatic N) is 3. The maximum absolute atomic E-state index is 13.7. The van der Waals surface area contributed by atoms with Gasteiger partial charge in [0.2, 0.25) is 5.88 Å². The Morgan fingerprint density at radius 1 is 0.900 bits per heavy atom. The standard InChI is InChI=1S/C19H12F7N3O/c1-11-7-13(5-6-15(11)20)29(19(24,25)26)16-9-17(28-10-27-16)30-14-4-2-3-12(8-14)18(21,22)23/h2-10H,1H3. The van der Waals surface area contributed by atoms with Gasteiger partial charge in [0.05, 0.1) is 11.3 Å². The Labute approximate surface area is 165 Å². The molecule has 0 radical (unpaired) electrons. The van der Waals surface area contributed by atoms with E-state index < -0.39 is 41.2 Å². The fourth-order valence-corrected chi connectivity index (χ4v) is 2.54. The van der Waals surface area contributed by atoms with Crippen LogP contribution in [0.4, 0.5) is 42.2 Å². The molecule has 158 valence electrons. The first-order chi connectivity index (χ1) is 13.9. The van der Waals surface area contributed by atoms with Crippen molar-refractivity contribution >= 4 is 11.5 Å². The van der Waals surface area contributed by atoms with E-state index in [0.717, 1.165) is 42.7 Å². The molecule has 0 unspecified atom stereocenters. The van der Waals surface area contributed by atoms with Gasteiger partial charge in [0.1, 0.15) is 23.7 Å². The molecule has 0 amide bonds. The van der Waals surface area contributed by atoms with Crippen molar-refractivity contribution in [2.75, 3.05) is 4.90 Å². The number of aryl methyl sites for hydroxylation is 1. The molecule has 0 fully saturated rings. The van der Waals surface area contributed by atoms with Crippen LogP contribution in [0.25, 0.3) is 0 Å². The normalized spacial score (nSPS) is 12.0. The van der Waals surface area contributed by atoms with Crippen molar-refractivity contribution < 1.29 is 35.5 Å². The maximum Gasteiger partial charge on any atom is 0.490 e. The number of aromatic nitrogens is 2. The Morgan fingerprint density at radius 2 is 1.63 bits per heavy atom. The van der Waals surface area contributed by atoms with Crippen LogP contribution in [0.2, 0.25) is 0 Å². The van der Waals surface area contributed by atoms with Gasteiger partial charge in [-0.1, -0.05) is 6.07 Å². The SMILES string of the molecule is Cc1cc(N(c2cc(Oc3cccc(C(F)(F)F)c3)ncn2)C(F)(F)F)ccc1F. The molecule has 0 aliphatic rings. The van der Waals surface area contributed by atoms with Gasteiger partial charge in [0.15, 0.2) is 0 Å². The molecule has 0 saturated heterocycles. The number of halogens is 7. The number of rotatable bonds is 4. The van der Waals surface area contributed by atoms with Gasteiger partial charge in [-0.25, -0.2) is 19.3 Å². The molecule has 0 aliphatic carbocycles. The maximum atomic E-state index is 13.7. The number of benzene rings is 2. The first-order valence-corrected chi connectivity index (χ1v) is 8.25. The second-order valence-corrected chi connectivity index (χ2v) is 6.08. The molecule has 11 heteroatoms. The Hall–Kier alpha value is -3.37. The van der Waals surface area contributed by atoms with Gasteiger partial charge in [-0.15, -0.1) is 13.2 Å². The molecule has 0 bridgehead atoms. The molecule has 0 N–H and O–H groups in total. The minimum atomic E-state index is -4.94. The Balaban J connectivity index is 1.97. The molecular formula is C19H12F7N3O. The Bertz CT molecular complexity index is 1050. The molecule has 3 aromatic rings. The monoisotopic (exact) mass is 431 g/mol. The highest BCUT2D eigenvalue weighted by Crippen LogP contribution is 2.38. The topological polar surface area (TPSA) is 38.2 Å². The van der Waals surface area contributed by atoms with E-state index in [-0.39, 0.29) is 16.2 Å². The Kier molecular flexibility index (Phi) is 5.55. The molecule has 3 rings (SSSR count). The molecule has 0 spiro atoms. The second kappa shape index (κ2) is 7.81. The van der Waals surface area contributed by atoms with Crippen molar-refractivity contribution in [1.82, 2.24) is 9.97 Å². The average Bonchev–Trinajstić information content (AvgIpc) is 2.64. The summed E-state index contributed by atoms with van der Waals surface area (Å²) in [7, 11) is 0. The van der Waals surface area contributed by atoms with Gasteiger partial charge in [-0.3, -0.25) is 0 Å². The van der Waals surface area contributed by atoms with Gasteiger partial charge in [0, 0.05) is 6.07 Å². The zero-order chi connectivity index (χ0) is 22.1. The van der Waals surface area contributed by atoms with Crippen LogP contribution in [-0.4, -0.2) is 16.3 Å². The zero-order valence-electron chi connectivity index (χ0n) is 15.1. The average molecular weight is 431 g/mol. The summed E-state index contributed by atoms with van der Waals surface area (Å²) in [6.45, 7) is 1.30. The highest BCUT2D eigenvalue weighted by Gasteiger charge is 2.40. The van der Waals surface area contributed by atoms with E-state index in [1.165, 1.54) is 13.0 Å². The van der Waals surface area contributed by atoms with Gasteiger partial charge in [-0.2, -0.15) is 13.2 Å². The van der Waals surface area contributed by atoms with Crippen LogP contribution < -0.4 is 9.64 Å². The summed E-state index contributed by atoms with van der Waals surface area (Å²) < 4.78 is 98.1. The Morgan fingerprint density at radius 3 is 2.27 bits per heavy atom. The van der Waals surface area contributed by atoms with Crippen molar-refractivity contribution in [2.45, 2.75) is 19.4 Å². The summed E-state index contributed by atoms with van der Waals surface area (Å²) in [5.74, 6) is -2.03. The first kappa shape index (κ1) is 21.3. The van der Waals surface area contributed by atoms with Crippen molar-refractivity contribution in [3.8, 4) is 11.6 Å². The largest absolute Gasteiger partial charge is 0.490 e. The van der Waals surface area contributed by atoms with Crippen LogP contribution in [0.5, 0.6) is 11.6 Å². The third-order valence-corrected chi connectivity index (χ3v) is 3.89. The van der Waals surface area contributed by atoms with Crippen LogP contribution in [0, 0.1) is 12.7 Å². The molecule has 0 aliphatic heterocycles. The van der Waals surface area contributed by atoms with Gasteiger partial charge < -0.3 is 4.74 Å². The van der Waals surface area contributed by atoms with Crippen molar-refractivity contribution in [3.05, 3.63) is 71.8 Å². The van der Waals surface area contributed by atoms with Crippen LogP contribution in [0.1, 0.15) is 11.1 Å². The summed E-state index contributed by atoms with van der Waals surface area (Å²) in [6, 6.07) is 7.39. The van der Waals surface area contributed by atoms with Gasteiger partial charge in [0.25, 0.3) is 0 Å². The fourth-order valence-electron chi connectivity index (χ4n) is 2.54. The lowest BCUT2D eigenvalue weighted by molar-refractivity contribution is -0.137. The second-order valence-electron chi connectivity index (χ2n) is 6.08. The number of hydrogen-bond acceptors (Lipinski definition) is 4. The van der Waals surface area contributed by atoms with Crippen LogP contribution >= 0.6 is 0 Å². The van der Waals surface area contributed by atoms with E-state index in [2.05, 4.69) is 9.97 Å². The van der Waals surface area contributed by atoms with Crippen LogP contribution in [0.3, 0.4) is 0 Å². The lowest BCUT2D eigenvalue weighted by Crippen LogP contribution is -2.34. The smallest absolute Gasteiger partial charge is 0.439 e. The van der Waals surface area contributed by atoms with Crippen LogP contribution in [0.15, 0.2) is 54.9 Å². The summed E-state index contributed by atoms with van der Waals surface area (Å²) in [4.78, 5) is 7.10. The van der Waals surface area contributed by atoms with Crippen molar-refractivity contribution in [1.29, 1.82) is 0 Å². The summed E-state index contributed by atoms with van der Waals surface area (Å²) in [5, 5.41) is 0. The van der Waals surface area contributed by atoms with Crippen molar-refractivity contribution in [3.63, 3.8) is 0 Å². The number of ether oxygens (including phenoxy) is 1. The van der Waals surface area contributed by atoms with E-state index in [0.29, 0.717) is 6.07 Å². The number of alkyl halides is 6. The van der Waals surface area contributed by atoms with E-state index in [1.807, 2.05) is 0 Å². The quantitative estimate of drug-likeness (QED) is 0.354. The summed E-state index contributed by atoms with van der Waals surface area (Å²) >= 11 is 0. The molecular weight excluding hydrogens is 419 g/mol. The molecule has 0 atom stereocenters. The van der Waals surface area contributed by atoms with E-state index in [9.17, 15) is 30.7 Å². The van der Waals surface area contributed by atoms with E-state index in [1.54, 1.807) is 0 Å². The predicted molar refractivity (Wildman–Crippen MR) is 92.9 cm³/mol. The molecule has 1 heterocycles. The number of anilines is 2. The van der Waals surface area contributed by atoms with Crippen LogP contribution in [-0.2, 0) is 6.18 Å². The molecule has 1 aromatic heterocycles. The molecule has 30 heavy (non-hydrogen) atoms. The van der Waals surface area contributed by atoms with Crippen molar-refractivity contribution in [2.24, 2.45) is 0 Å². The molecule has 0 saturated carbocycles. The number of hydrogen-bond donors (Lipinski definition) is 0. The predicted octanol–water partition coefficient (Wildman–Crippen LogP) is 6.39. The van der Waals surface area contributed by atoms with Gasteiger partial charge >= 0.3 is 12.5 Å². The minimum absolute atomic E-state index is 0.0174. The summed E-state index contributed by atoms with van der Waals surface area (Å²) in [6.07, 6.45) is -8.79. The zero-order valence-corrected chi connectivity index (χ0v) is 15.1. The lowest BCUT2D eigenvalue weighted by atomic mass is 10.2. The molecule has 2 aromatic carbocycles. The third-order valence-electron chi connectivity index (χ3n) is 3.89.